The van der Waals surface area contributed by atoms with Gasteiger partial charge in [0.1, 0.15) is 0 Å². The van der Waals surface area contributed by atoms with Crippen molar-refractivity contribution >= 4 is 28.6 Å². The molecule has 0 saturated heterocycles. The van der Waals surface area contributed by atoms with Gasteiger partial charge in [-0.25, -0.2) is 9.78 Å². The Labute approximate surface area is 120 Å². The van der Waals surface area contributed by atoms with Crippen LogP contribution in [0.25, 0.3) is 0 Å². The summed E-state index contributed by atoms with van der Waals surface area (Å²) in [6.07, 6.45) is 0. The van der Waals surface area contributed by atoms with E-state index in [-0.39, 0.29) is 11.0 Å². The average Bonchev–Trinajstić information content (AvgIpc) is 2.93. The van der Waals surface area contributed by atoms with Crippen LogP contribution in [-0.4, -0.2) is 16.1 Å². The average molecular weight is 296 g/mol. The first-order chi connectivity index (χ1) is 8.97. The molecule has 2 heterocycles. The highest BCUT2D eigenvalue weighted by molar-refractivity contribution is 7.12. The molecule has 0 bridgehead atoms. The monoisotopic (exact) mass is 296 g/mol. The Morgan fingerprint density at radius 2 is 2.26 bits per heavy atom. The number of thiazole rings is 1. The number of hydrogen-bond acceptors (Lipinski definition) is 5. The van der Waals surface area contributed by atoms with Gasteiger partial charge >= 0.3 is 5.97 Å². The SMILES string of the molecule is Cc1cc(C(C)NCc2csc(C(=O)O)n2)c(C)s1. The number of carboxylic acids is 1. The normalized spacial score (nSPS) is 12.6. The van der Waals surface area contributed by atoms with E-state index in [1.165, 1.54) is 15.3 Å². The second kappa shape index (κ2) is 5.81. The summed E-state index contributed by atoms with van der Waals surface area (Å²) in [7, 11) is 0. The number of aryl methyl sites for hydroxylation is 2. The molecule has 0 aliphatic heterocycles. The summed E-state index contributed by atoms with van der Waals surface area (Å²) in [5, 5.41) is 14.1. The first kappa shape index (κ1) is 14.2. The molecule has 2 N–H and O–H groups in total. The molecule has 2 rings (SSSR count). The molecule has 0 radical (unpaired) electrons. The third kappa shape index (κ3) is 3.40. The molecule has 2 aromatic rings. The highest BCUT2D eigenvalue weighted by Gasteiger charge is 2.13. The topological polar surface area (TPSA) is 62.2 Å². The van der Waals surface area contributed by atoms with Crippen molar-refractivity contribution in [1.82, 2.24) is 10.3 Å². The second-order valence-electron chi connectivity index (χ2n) is 4.42. The number of thiophene rings is 1. The number of aromatic nitrogens is 1. The van der Waals surface area contributed by atoms with Gasteiger partial charge in [-0.3, -0.25) is 0 Å². The summed E-state index contributed by atoms with van der Waals surface area (Å²) < 4.78 is 0. The van der Waals surface area contributed by atoms with Crippen LogP contribution in [-0.2, 0) is 6.54 Å². The minimum atomic E-state index is -0.964. The third-order valence-corrected chi connectivity index (χ3v) is 4.73. The van der Waals surface area contributed by atoms with Crippen LogP contribution in [0.3, 0.4) is 0 Å². The van der Waals surface area contributed by atoms with E-state index in [2.05, 4.69) is 37.1 Å². The molecule has 0 saturated carbocycles. The zero-order chi connectivity index (χ0) is 14.0. The molecule has 6 heteroatoms. The van der Waals surface area contributed by atoms with Crippen LogP contribution in [0.2, 0.25) is 0 Å². The van der Waals surface area contributed by atoms with Gasteiger partial charge in [-0.1, -0.05) is 0 Å². The molecule has 1 atom stereocenters. The van der Waals surface area contributed by atoms with E-state index in [1.54, 1.807) is 16.7 Å². The fraction of sp³-hybridized carbons (Fsp3) is 0.385. The minimum absolute atomic E-state index is 0.145. The molecule has 19 heavy (non-hydrogen) atoms. The minimum Gasteiger partial charge on any atom is -0.476 e. The van der Waals surface area contributed by atoms with Gasteiger partial charge in [0.05, 0.1) is 5.69 Å². The quantitative estimate of drug-likeness (QED) is 0.888. The Balaban J connectivity index is 1.98. The largest absolute Gasteiger partial charge is 0.476 e. The van der Waals surface area contributed by atoms with E-state index >= 15 is 0 Å². The van der Waals surface area contributed by atoms with Crippen molar-refractivity contribution < 1.29 is 9.90 Å². The summed E-state index contributed by atoms with van der Waals surface area (Å²) in [5.41, 5.74) is 2.08. The Bertz CT molecular complexity index is 589. The summed E-state index contributed by atoms with van der Waals surface area (Å²) >= 11 is 2.96. The zero-order valence-corrected chi connectivity index (χ0v) is 12.7. The van der Waals surface area contributed by atoms with Gasteiger partial charge in [-0.15, -0.1) is 22.7 Å². The fourth-order valence-corrected chi connectivity index (χ4v) is 3.61. The first-order valence-corrected chi connectivity index (χ1v) is 7.65. The molecule has 0 fully saturated rings. The van der Waals surface area contributed by atoms with E-state index < -0.39 is 5.97 Å². The molecule has 4 nitrogen and oxygen atoms in total. The van der Waals surface area contributed by atoms with Crippen LogP contribution in [0.4, 0.5) is 0 Å². The van der Waals surface area contributed by atoms with Crippen LogP contribution in [0.5, 0.6) is 0 Å². The Kier molecular flexibility index (Phi) is 4.34. The highest BCUT2D eigenvalue weighted by Crippen LogP contribution is 2.26. The fourth-order valence-electron chi connectivity index (χ4n) is 1.93. The van der Waals surface area contributed by atoms with Crippen LogP contribution in [0.1, 0.15) is 43.8 Å². The Morgan fingerprint density at radius 3 is 2.79 bits per heavy atom. The van der Waals surface area contributed by atoms with Gasteiger partial charge < -0.3 is 10.4 Å². The lowest BCUT2D eigenvalue weighted by atomic mass is 10.1. The van der Waals surface area contributed by atoms with Crippen molar-refractivity contribution in [1.29, 1.82) is 0 Å². The third-order valence-electron chi connectivity index (χ3n) is 2.87. The van der Waals surface area contributed by atoms with Gasteiger partial charge in [0.15, 0.2) is 0 Å². The lowest BCUT2D eigenvalue weighted by Gasteiger charge is -2.12. The number of nitrogens with zero attached hydrogens (tertiary/aromatic N) is 1. The highest BCUT2D eigenvalue weighted by atomic mass is 32.1. The maximum Gasteiger partial charge on any atom is 0.365 e. The first-order valence-electron chi connectivity index (χ1n) is 5.95. The molecule has 2 aromatic heterocycles. The number of nitrogens with one attached hydrogen (secondary N) is 1. The molecular weight excluding hydrogens is 280 g/mol. The molecular formula is C13H16N2O2S2. The smallest absolute Gasteiger partial charge is 0.365 e. The van der Waals surface area contributed by atoms with Crippen molar-refractivity contribution in [3.8, 4) is 0 Å². The van der Waals surface area contributed by atoms with E-state index in [0.717, 1.165) is 17.0 Å². The van der Waals surface area contributed by atoms with E-state index in [4.69, 9.17) is 5.11 Å². The summed E-state index contributed by atoms with van der Waals surface area (Å²) in [5.74, 6) is -0.964. The lowest BCUT2D eigenvalue weighted by Crippen LogP contribution is -2.18. The second-order valence-corrected chi connectivity index (χ2v) is 6.74. The van der Waals surface area contributed by atoms with E-state index in [0.29, 0.717) is 6.54 Å². The number of rotatable bonds is 5. The maximum absolute atomic E-state index is 10.8. The number of carbonyl (C=O) groups is 1. The Morgan fingerprint density at radius 1 is 1.53 bits per heavy atom. The molecule has 0 aliphatic rings. The lowest BCUT2D eigenvalue weighted by molar-refractivity contribution is 0.0696. The van der Waals surface area contributed by atoms with Gasteiger partial charge in [0.2, 0.25) is 5.01 Å². The van der Waals surface area contributed by atoms with Crippen LogP contribution < -0.4 is 5.32 Å². The van der Waals surface area contributed by atoms with Crippen molar-refractivity contribution in [2.45, 2.75) is 33.4 Å². The summed E-state index contributed by atoms with van der Waals surface area (Å²) in [6.45, 7) is 6.92. The van der Waals surface area contributed by atoms with Crippen LogP contribution in [0, 0.1) is 13.8 Å². The molecule has 0 aromatic carbocycles. The Hall–Kier alpha value is -1.24. The van der Waals surface area contributed by atoms with Gasteiger partial charge in [-0.2, -0.15) is 0 Å². The summed E-state index contributed by atoms with van der Waals surface area (Å²) in [6, 6.07) is 2.43. The van der Waals surface area contributed by atoms with Gasteiger partial charge in [0, 0.05) is 27.7 Å². The predicted molar refractivity (Wildman–Crippen MR) is 78.1 cm³/mol. The summed E-state index contributed by atoms with van der Waals surface area (Å²) in [4.78, 5) is 17.4. The van der Waals surface area contributed by atoms with Crippen molar-refractivity contribution in [2.24, 2.45) is 0 Å². The predicted octanol–water partition coefficient (Wildman–Crippen LogP) is 3.37. The molecule has 0 amide bonds. The van der Waals surface area contributed by atoms with Gasteiger partial charge in [-0.05, 0) is 32.4 Å². The van der Waals surface area contributed by atoms with Crippen LogP contribution >= 0.6 is 22.7 Å². The maximum atomic E-state index is 10.8. The van der Waals surface area contributed by atoms with Crippen LogP contribution in [0.15, 0.2) is 11.4 Å². The number of hydrogen-bond donors (Lipinski definition) is 2. The van der Waals surface area contributed by atoms with Gasteiger partial charge in [0.25, 0.3) is 0 Å². The molecule has 102 valence electrons. The van der Waals surface area contributed by atoms with Crippen molar-refractivity contribution in [2.75, 3.05) is 0 Å². The van der Waals surface area contributed by atoms with E-state index in [9.17, 15) is 4.79 Å². The zero-order valence-electron chi connectivity index (χ0n) is 11.1. The van der Waals surface area contributed by atoms with Crippen molar-refractivity contribution in [3.63, 3.8) is 0 Å². The van der Waals surface area contributed by atoms with E-state index in [1.807, 2.05) is 0 Å². The number of aromatic carboxylic acids is 1. The number of carboxylic acid groups (broad SMARTS) is 1. The molecule has 0 spiro atoms. The van der Waals surface area contributed by atoms with Crippen molar-refractivity contribution in [3.05, 3.63) is 37.5 Å². The standard InChI is InChI=1S/C13H16N2O2S2/c1-7-4-11(9(3)19-7)8(2)14-5-10-6-18-12(15-10)13(16)17/h4,6,8,14H,5H2,1-3H3,(H,16,17). The molecule has 1 unspecified atom stereocenters. The molecule has 0 aliphatic carbocycles.